The number of likely N-dealkylation sites (N-methyl/N-ethyl adjacent to an activating group) is 1. The van der Waals surface area contributed by atoms with E-state index in [0.29, 0.717) is 30.5 Å². The minimum Gasteiger partial charge on any atom is -0.493 e. The predicted molar refractivity (Wildman–Crippen MR) is 123 cm³/mol. The van der Waals surface area contributed by atoms with E-state index in [1.807, 2.05) is 32.0 Å². The number of nitrogens with zero attached hydrogens (tertiary/aromatic N) is 1. The maximum Gasteiger partial charge on any atom is 0.257 e. The average Bonchev–Trinajstić information content (AvgIpc) is 3.29. The van der Waals surface area contributed by atoms with Gasteiger partial charge in [-0.3, -0.25) is 4.79 Å². The molecule has 7 nitrogen and oxygen atoms in total. The molecule has 1 aromatic carbocycles. The Kier molecular flexibility index (Phi) is 10.00. The molecule has 0 radical (unpaired) electrons. The van der Waals surface area contributed by atoms with Crippen LogP contribution < -0.4 is 25.4 Å². The Labute approximate surface area is 182 Å². The molecule has 0 saturated heterocycles. The lowest BCUT2D eigenvalue weighted by atomic mass is 10.1. The van der Waals surface area contributed by atoms with Crippen molar-refractivity contribution in [1.29, 1.82) is 0 Å². The maximum absolute atomic E-state index is 11.6. The molecule has 164 valence electrons. The lowest BCUT2D eigenvalue weighted by molar-refractivity contribution is -0.123. The van der Waals surface area contributed by atoms with Gasteiger partial charge < -0.3 is 25.4 Å². The van der Waals surface area contributed by atoms with Gasteiger partial charge in [0.05, 0.1) is 13.7 Å². The van der Waals surface area contributed by atoms with Crippen molar-refractivity contribution in [3.63, 3.8) is 0 Å². The lowest BCUT2D eigenvalue weighted by Crippen LogP contribution is -2.39. The topological polar surface area (TPSA) is 84.0 Å². The molecule has 0 aliphatic rings. The number of hydrogen-bond acceptors (Lipinski definition) is 5. The minimum atomic E-state index is -0.161. The van der Waals surface area contributed by atoms with Crippen molar-refractivity contribution in [3.8, 4) is 11.5 Å². The molecule has 1 aromatic heterocycles. The summed E-state index contributed by atoms with van der Waals surface area (Å²) in [7, 11) is 1.58. The highest BCUT2D eigenvalue weighted by Crippen LogP contribution is 2.28. The standard InChI is InChI=1S/C22H32N4O3S/c1-5-23-21(27)15-29-18-10-9-17(12-19(18)28-4)14-26-22(24-6-2)25-13-16(3)20-8-7-11-30-20/h7-12,16H,5-6,13-15H2,1-4H3,(H,23,27)(H2,24,25,26). The number of amides is 1. The van der Waals surface area contributed by atoms with Gasteiger partial charge in [-0.25, -0.2) is 4.99 Å². The number of carbonyl (C=O) groups excluding carboxylic acids is 1. The Balaban J connectivity index is 1.97. The molecule has 30 heavy (non-hydrogen) atoms. The van der Waals surface area contributed by atoms with Crippen molar-refractivity contribution in [2.75, 3.05) is 33.4 Å². The number of thiophene rings is 1. The van der Waals surface area contributed by atoms with Crippen LogP contribution in [0.3, 0.4) is 0 Å². The van der Waals surface area contributed by atoms with Crippen molar-refractivity contribution in [3.05, 3.63) is 46.2 Å². The monoisotopic (exact) mass is 432 g/mol. The van der Waals surface area contributed by atoms with Gasteiger partial charge in [-0.05, 0) is 43.0 Å². The summed E-state index contributed by atoms with van der Waals surface area (Å²) in [5.74, 6) is 2.14. The number of hydrogen-bond donors (Lipinski definition) is 3. The minimum absolute atomic E-state index is 0.0430. The number of aliphatic imine (C=N–C) groups is 1. The fourth-order valence-corrected chi connectivity index (χ4v) is 3.54. The molecule has 0 bridgehead atoms. The number of guanidine groups is 1. The number of nitrogens with one attached hydrogen (secondary N) is 3. The second-order valence-corrected chi connectivity index (χ2v) is 7.70. The first kappa shape index (κ1) is 23.5. The summed E-state index contributed by atoms with van der Waals surface area (Å²) in [6, 6.07) is 9.85. The fourth-order valence-electron chi connectivity index (χ4n) is 2.76. The highest BCUT2D eigenvalue weighted by atomic mass is 32.1. The largest absolute Gasteiger partial charge is 0.493 e. The zero-order valence-electron chi connectivity index (χ0n) is 18.2. The SMILES string of the molecule is CCNC(=O)COc1ccc(CN=C(NCC)NCC(C)c2cccs2)cc1OC. The Hall–Kier alpha value is -2.74. The third-order valence-electron chi connectivity index (χ3n) is 4.33. The van der Waals surface area contributed by atoms with Gasteiger partial charge in [-0.15, -0.1) is 11.3 Å². The van der Waals surface area contributed by atoms with Crippen LogP contribution in [0.4, 0.5) is 0 Å². The highest BCUT2D eigenvalue weighted by molar-refractivity contribution is 7.10. The normalized spacial score (nSPS) is 12.2. The van der Waals surface area contributed by atoms with E-state index in [0.717, 1.165) is 24.6 Å². The van der Waals surface area contributed by atoms with Crippen LogP contribution in [0.1, 0.15) is 37.1 Å². The van der Waals surface area contributed by atoms with Gasteiger partial charge in [0.1, 0.15) is 0 Å². The van der Waals surface area contributed by atoms with Crippen molar-refractivity contribution < 1.29 is 14.3 Å². The summed E-state index contributed by atoms with van der Waals surface area (Å²) < 4.78 is 11.0. The van der Waals surface area contributed by atoms with Crippen LogP contribution in [0.25, 0.3) is 0 Å². The van der Waals surface area contributed by atoms with Crippen LogP contribution in [0, 0.1) is 0 Å². The molecule has 0 fully saturated rings. The molecule has 0 saturated carbocycles. The van der Waals surface area contributed by atoms with Gasteiger partial charge in [0, 0.05) is 30.4 Å². The lowest BCUT2D eigenvalue weighted by Gasteiger charge is -2.15. The van der Waals surface area contributed by atoms with Crippen LogP contribution in [0.2, 0.25) is 0 Å². The average molecular weight is 433 g/mol. The Morgan fingerprint density at radius 1 is 1.13 bits per heavy atom. The molecule has 1 amide bonds. The van der Waals surface area contributed by atoms with Gasteiger partial charge >= 0.3 is 0 Å². The van der Waals surface area contributed by atoms with E-state index in [2.05, 4.69) is 45.4 Å². The van der Waals surface area contributed by atoms with E-state index in [9.17, 15) is 4.79 Å². The summed E-state index contributed by atoms with van der Waals surface area (Å²) in [5, 5.41) is 11.5. The third-order valence-corrected chi connectivity index (χ3v) is 5.43. The first-order valence-corrected chi connectivity index (χ1v) is 11.1. The summed E-state index contributed by atoms with van der Waals surface area (Å²) in [5.41, 5.74) is 0.987. The quantitative estimate of drug-likeness (QED) is 0.375. The van der Waals surface area contributed by atoms with Crippen LogP contribution in [-0.4, -0.2) is 45.2 Å². The zero-order chi connectivity index (χ0) is 21.8. The maximum atomic E-state index is 11.6. The molecule has 1 atom stereocenters. The van der Waals surface area contributed by atoms with Gasteiger partial charge in [0.15, 0.2) is 24.1 Å². The van der Waals surface area contributed by atoms with Crippen LogP contribution in [-0.2, 0) is 11.3 Å². The van der Waals surface area contributed by atoms with E-state index < -0.39 is 0 Å². The number of benzene rings is 1. The zero-order valence-corrected chi connectivity index (χ0v) is 19.0. The first-order valence-electron chi connectivity index (χ1n) is 10.2. The predicted octanol–water partition coefficient (Wildman–Crippen LogP) is 3.13. The number of carbonyl (C=O) groups is 1. The van der Waals surface area contributed by atoms with Crippen molar-refractivity contribution in [2.24, 2.45) is 4.99 Å². The molecule has 1 heterocycles. The van der Waals surface area contributed by atoms with Crippen LogP contribution >= 0.6 is 11.3 Å². The Bertz CT molecular complexity index is 809. The van der Waals surface area contributed by atoms with Gasteiger partial charge in [-0.1, -0.05) is 19.1 Å². The second kappa shape index (κ2) is 12.7. The molecular formula is C22H32N4O3S. The summed E-state index contributed by atoms with van der Waals surface area (Å²) >= 11 is 1.77. The fraction of sp³-hybridized carbons (Fsp3) is 0.455. The number of methoxy groups -OCH3 is 1. The molecule has 8 heteroatoms. The third kappa shape index (κ3) is 7.59. The Morgan fingerprint density at radius 2 is 1.93 bits per heavy atom. The van der Waals surface area contributed by atoms with Crippen LogP contribution in [0.15, 0.2) is 40.7 Å². The molecular weight excluding hydrogens is 400 g/mol. The molecule has 2 aromatic rings. The van der Waals surface area contributed by atoms with Crippen molar-refractivity contribution in [1.82, 2.24) is 16.0 Å². The molecule has 2 rings (SSSR count). The molecule has 0 spiro atoms. The summed E-state index contributed by atoms with van der Waals surface area (Å²) in [6.07, 6.45) is 0. The van der Waals surface area contributed by atoms with Crippen molar-refractivity contribution in [2.45, 2.75) is 33.2 Å². The van der Waals surface area contributed by atoms with Crippen LogP contribution in [0.5, 0.6) is 11.5 Å². The highest BCUT2D eigenvalue weighted by Gasteiger charge is 2.10. The summed E-state index contributed by atoms with van der Waals surface area (Å²) in [6.45, 7) is 8.74. The van der Waals surface area contributed by atoms with Gasteiger partial charge in [-0.2, -0.15) is 0 Å². The molecule has 1 unspecified atom stereocenters. The van der Waals surface area contributed by atoms with E-state index in [4.69, 9.17) is 9.47 Å². The summed E-state index contributed by atoms with van der Waals surface area (Å²) in [4.78, 5) is 17.6. The number of ether oxygens (including phenoxy) is 2. The molecule has 3 N–H and O–H groups in total. The Morgan fingerprint density at radius 3 is 2.60 bits per heavy atom. The first-order chi connectivity index (χ1) is 14.6. The smallest absolute Gasteiger partial charge is 0.257 e. The van der Waals surface area contributed by atoms with Crippen molar-refractivity contribution >= 4 is 23.2 Å². The van der Waals surface area contributed by atoms with E-state index in [1.54, 1.807) is 18.4 Å². The molecule has 0 aliphatic heterocycles. The van der Waals surface area contributed by atoms with E-state index in [-0.39, 0.29) is 12.5 Å². The van der Waals surface area contributed by atoms with E-state index in [1.165, 1.54) is 4.88 Å². The van der Waals surface area contributed by atoms with Gasteiger partial charge in [0.25, 0.3) is 5.91 Å². The number of rotatable bonds is 11. The van der Waals surface area contributed by atoms with E-state index >= 15 is 0 Å². The van der Waals surface area contributed by atoms with Gasteiger partial charge in [0.2, 0.25) is 0 Å². The molecule has 0 aliphatic carbocycles. The second-order valence-electron chi connectivity index (χ2n) is 6.72.